The van der Waals surface area contributed by atoms with Gasteiger partial charge in [-0.1, -0.05) is 32.9 Å². The predicted molar refractivity (Wildman–Crippen MR) is 110 cm³/mol. The summed E-state index contributed by atoms with van der Waals surface area (Å²) in [6.07, 6.45) is -4.76. The molecule has 0 unspecified atom stereocenters. The predicted octanol–water partition coefficient (Wildman–Crippen LogP) is 3.63. The lowest BCUT2D eigenvalue weighted by molar-refractivity contribution is -0.141. The molecule has 0 radical (unpaired) electrons. The number of hydrogen-bond acceptors (Lipinski definition) is 6. The number of hydrazine groups is 1. The first-order chi connectivity index (χ1) is 14.3. The lowest BCUT2D eigenvalue weighted by Crippen LogP contribution is -2.47. The van der Waals surface area contributed by atoms with Crippen molar-refractivity contribution in [2.45, 2.75) is 33.5 Å². The SMILES string of the molecule is CN(C)Cc1ccc(C(=O)NN(CC(C)(C)C)c2cc(C(F)(F)F)nc(C#N)n2)cc1. The standard InChI is InChI=1S/C21H25F3N6O/c1-20(2,3)13-30(18-10-16(21(22,23)24)26-17(11-25)27-18)28-19(31)15-8-6-14(7-9-15)12-29(4)5/h6-10H,12-13H2,1-5H3,(H,28,31). The summed E-state index contributed by atoms with van der Waals surface area (Å²) < 4.78 is 39.7. The van der Waals surface area contributed by atoms with Crippen molar-refractivity contribution in [3.05, 3.63) is 53.0 Å². The van der Waals surface area contributed by atoms with Crippen LogP contribution in [0, 0.1) is 16.7 Å². The quantitative estimate of drug-likeness (QED) is 0.699. The highest BCUT2D eigenvalue weighted by molar-refractivity contribution is 5.95. The number of carbonyl (C=O) groups is 1. The summed E-state index contributed by atoms with van der Waals surface area (Å²) in [6, 6.07) is 9.16. The molecule has 1 N–H and O–H groups in total. The number of carbonyl (C=O) groups excluding carboxylic acids is 1. The Bertz CT molecular complexity index is 959. The maximum absolute atomic E-state index is 13.2. The lowest BCUT2D eigenvalue weighted by Gasteiger charge is -2.31. The van der Waals surface area contributed by atoms with E-state index in [-0.39, 0.29) is 12.4 Å². The fourth-order valence-electron chi connectivity index (χ4n) is 2.73. The van der Waals surface area contributed by atoms with Crippen molar-refractivity contribution >= 4 is 11.7 Å². The molecular weight excluding hydrogens is 409 g/mol. The van der Waals surface area contributed by atoms with Gasteiger partial charge in [0.05, 0.1) is 0 Å². The number of aromatic nitrogens is 2. The van der Waals surface area contributed by atoms with Crippen molar-refractivity contribution in [3.8, 4) is 6.07 Å². The molecule has 10 heteroatoms. The number of alkyl halides is 3. The largest absolute Gasteiger partial charge is 0.433 e. The molecule has 0 aliphatic heterocycles. The summed E-state index contributed by atoms with van der Waals surface area (Å²) in [4.78, 5) is 21.9. The minimum atomic E-state index is -4.76. The van der Waals surface area contributed by atoms with Crippen molar-refractivity contribution in [1.29, 1.82) is 5.26 Å². The van der Waals surface area contributed by atoms with Gasteiger partial charge in [0.1, 0.15) is 6.07 Å². The monoisotopic (exact) mass is 434 g/mol. The molecule has 1 aromatic carbocycles. The van der Waals surface area contributed by atoms with Crippen molar-refractivity contribution in [2.75, 3.05) is 25.6 Å². The van der Waals surface area contributed by atoms with E-state index < -0.39 is 29.0 Å². The van der Waals surface area contributed by atoms with Gasteiger partial charge in [-0.15, -0.1) is 0 Å². The summed E-state index contributed by atoms with van der Waals surface area (Å²) in [7, 11) is 3.86. The molecule has 166 valence electrons. The number of nitriles is 1. The molecule has 0 aliphatic carbocycles. The first kappa shape index (κ1) is 24.1. The van der Waals surface area contributed by atoms with Gasteiger partial charge in [0.25, 0.3) is 5.91 Å². The fourth-order valence-corrected chi connectivity index (χ4v) is 2.73. The Morgan fingerprint density at radius 1 is 1.13 bits per heavy atom. The molecule has 2 aromatic rings. The number of rotatable bonds is 6. The molecule has 7 nitrogen and oxygen atoms in total. The lowest BCUT2D eigenvalue weighted by atomic mass is 9.96. The maximum atomic E-state index is 13.2. The van der Waals surface area contributed by atoms with E-state index >= 15 is 0 Å². The number of nitrogens with zero attached hydrogens (tertiary/aromatic N) is 5. The van der Waals surface area contributed by atoms with Gasteiger partial charge in [-0.3, -0.25) is 15.2 Å². The van der Waals surface area contributed by atoms with E-state index in [2.05, 4.69) is 15.4 Å². The van der Waals surface area contributed by atoms with Crippen LogP contribution in [0.15, 0.2) is 30.3 Å². The summed E-state index contributed by atoms with van der Waals surface area (Å²) >= 11 is 0. The Hall–Kier alpha value is -3.19. The molecule has 0 atom stereocenters. The van der Waals surface area contributed by atoms with E-state index in [1.165, 1.54) is 11.1 Å². The van der Waals surface area contributed by atoms with E-state index in [0.29, 0.717) is 18.2 Å². The Balaban J connectivity index is 2.37. The molecule has 1 aromatic heterocycles. The van der Waals surface area contributed by atoms with Gasteiger partial charge < -0.3 is 4.90 Å². The summed E-state index contributed by atoms with van der Waals surface area (Å²) in [6.45, 7) is 6.44. The van der Waals surface area contributed by atoms with Crippen LogP contribution in [0.3, 0.4) is 0 Å². The third-order valence-corrected chi connectivity index (χ3v) is 3.96. The second kappa shape index (κ2) is 9.31. The molecule has 0 saturated carbocycles. The minimum Gasteiger partial charge on any atom is -0.305 e. The highest BCUT2D eigenvalue weighted by Gasteiger charge is 2.35. The van der Waals surface area contributed by atoms with Gasteiger partial charge in [-0.2, -0.15) is 23.4 Å². The van der Waals surface area contributed by atoms with Crippen LogP contribution in [0.25, 0.3) is 0 Å². The smallest absolute Gasteiger partial charge is 0.305 e. The van der Waals surface area contributed by atoms with Crippen LogP contribution in [-0.2, 0) is 12.7 Å². The van der Waals surface area contributed by atoms with E-state index in [9.17, 15) is 18.0 Å². The molecule has 2 rings (SSSR count). The molecular formula is C21H25F3N6O. The molecule has 0 bridgehead atoms. The number of anilines is 1. The van der Waals surface area contributed by atoms with E-state index in [4.69, 9.17) is 5.26 Å². The highest BCUT2D eigenvalue weighted by Crippen LogP contribution is 2.30. The van der Waals surface area contributed by atoms with Crippen LogP contribution < -0.4 is 10.4 Å². The Morgan fingerprint density at radius 3 is 2.23 bits per heavy atom. The highest BCUT2D eigenvalue weighted by atomic mass is 19.4. The zero-order valence-corrected chi connectivity index (χ0v) is 18.1. The molecule has 0 spiro atoms. The van der Waals surface area contributed by atoms with Gasteiger partial charge in [-0.25, -0.2) is 4.98 Å². The number of halogens is 3. The number of amides is 1. The van der Waals surface area contributed by atoms with Gasteiger partial charge in [0, 0.05) is 24.7 Å². The van der Waals surface area contributed by atoms with Crippen molar-refractivity contribution in [1.82, 2.24) is 20.3 Å². The second-order valence-corrected chi connectivity index (χ2v) is 8.57. The number of benzene rings is 1. The van der Waals surface area contributed by atoms with Gasteiger partial charge >= 0.3 is 6.18 Å². The van der Waals surface area contributed by atoms with Crippen LogP contribution in [-0.4, -0.2) is 41.4 Å². The van der Waals surface area contributed by atoms with Crippen LogP contribution in [0.1, 0.15) is 48.2 Å². The normalized spacial score (nSPS) is 11.9. The fraction of sp³-hybridized carbons (Fsp3) is 0.429. The molecule has 31 heavy (non-hydrogen) atoms. The van der Waals surface area contributed by atoms with Gasteiger partial charge in [0.15, 0.2) is 11.5 Å². The summed E-state index contributed by atoms with van der Waals surface area (Å²) in [5.74, 6) is -1.36. The van der Waals surface area contributed by atoms with Crippen LogP contribution in [0.2, 0.25) is 0 Å². The topological polar surface area (TPSA) is 85.2 Å². The molecule has 1 heterocycles. The minimum absolute atomic E-state index is 0.149. The van der Waals surface area contributed by atoms with Crippen LogP contribution in [0.4, 0.5) is 19.0 Å². The van der Waals surface area contributed by atoms with Crippen molar-refractivity contribution in [2.24, 2.45) is 5.41 Å². The zero-order chi connectivity index (χ0) is 23.4. The van der Waals surface area contributed by atoms with Crippen molar-refractivity contribution in [3.63, 3.8) is 0 Å². The Kier molecular flexibility index (Phi) is 7.23. The number of nitrogens with one attached hydrogen (secondary N) is 1. The number of hydrogen-bond donors (Lipinski definition) is 1. The molecule has 0 fully saturated rings. The zero-order valence-electron chi connectivity index (χ0n) is 18.1. The molecule has 0 saturated heterocycles. The van der Waals surface area contributed by atoms with E-state index in [1.807, 2.05) is 51.9 Å². The third-order valence-electron chi connectivity index (χ3n) is 3.96. The summed E-state index contributed by atoms with van der Waals surface area (Å²) in [5.41, 5.74) is 2.31. The van der Waals surface area contributed by atoms with Crippen LogP contribution >= 0.6 is 0 Å². The van der Waals surface area contributed by atoms with Gasteiger partial charge in [0.2, 0.25) is 5.82 Å². The summed E-state index contributed by atoms with van der Waals surface area (Å²) in [5, 5.41) is 10.3. The van der Waals surface area contributed by atoms with Crippen LogP contribution in [0.5, 0.6) is 0 Å². The first-order valence-electron chi connectivity index (χ1n) is 9.47. The molecule has 1 amide bonds. The van der Waals surface area contributed by atoms with Crippen molar-refractivity contribution < 1.29 is 18.0 Å². The Labute approximate surface area is 179 Å². The van der Waals surface area contributed by atoms with E-state index in [1.54, 1.807) is 12.1 Å². The molecule has 0 aliphatic rings. The van der Waals surface area contributed by atoms with Gasteiger partial charge in [-0.05, 0) is 37.2 Å². The van der Waals surface area contributed by atoms with E-state index in [0.717, 1.165) is 5.56 Å². The second-order valence-electron chi connectivity index (χ2n) is 8.57. The Morgan fingerprint density at radius 2 is 1.74 bits per heavy atom. The third kappa shape index (κ3) is 7.22. The maximum Gasteiger partial charge on any atom is 0.433 e. The average molecular weight is 434 g/mol. The first-order valence-corrected chi connectivity index (χ1v) is 9.47. The average Bonchev–Trinajstić information content (AvgIpc) is 2.65.